The molecule has 2 heterocycles. The van der Waals surface area contributed by atoms with Crippen molar-refractivity contribution in [1.82, 2.24) is 9.97 Å². The topological polar surface area (TPSA) is 37.8 Å². The monoisotopic (exact) mass is 401 g/mol. The lowest BCUT2D eigenvalue weighted by atomic mass is 10.2. The molecule has 2 aromatic rings. The maximum Gasteiger partial charge on any atom is 0.171 e. The SMILES string of the molecule is CCNc1nc(-c2cc(Br)cs2)nc(C2CC2)c1Br. The van der Waals surface area contributed by atoms with Crippen molar-refractivity contribution in [2.24, 2.45) is 0 Å². The lowest BCUT2D eigenvalue weighted by Gasteiger charge is -2.11. The number of halogens is 2. The summed E-state index contributed by atoms with van der Waals surface area (Å²) >= 11 is 8.79. The van der Waals surface area contributed by atoms with Gasteiger partial charge in [-0.3, -0.25) is 0 Å². The van der Waals surface area contributed by atoms with Gasteiger partial charge in [-0.15, -0.1) is 11.3 Å². The molecule has 19 heavy (non-hydrogen) atoms. The highest BCUT2D eigenvalue weighted by atomic mass is 79.9. The molecule has 3 rings (SSSR count). The van der Waals surface area contributed by atoms with Gasteiger partial charge in [0.05, 0.1) is 15.0 Å². The Kier molecular flexibility index (Phi) is 3.91. The Morgan fingerprint density at radius 3 is 2.74 bits per heavy atom. The highest BCUT2D eigenvalue weighted by Gasteiger charge is 2.29. The minimum atomic E-state index is 0.594. The Balaban J connectivity index is 2.08. The number of aromatic nitrogens is 2. The van der Waals surface area contributed by atoms with Crippen LogP contribution >= 0.6 is 43.2 Å². The Morgan fingerprint density at radius 1 is 1.37 bits per heavy atom. The third kappa shape index (κ3) is 2.85. The smallest absolute Gasteiger partial charge is 0.171 e. The van der Waals surface area contributed by atoms with Crippen molar-refractivity contribution in [1.29, 1.82) is 0 Å². The van der Waals surface area contributed by atoms with Crippen LogP contribution in [0.3, 0.4) is 0 Å². The van der Waals surface area contributed by atoms with Gasteiger partial charge in [0.25, 0.3) is 0 Å². The average Bonchev–Trinajstić information content (AvgIpc) is 3.14. The van der Waals surface area contributed by atoms with Gasteiger partial charge in [-0.1, -0.05) is 0 Å². The predicted molar refractivity (Wildman–Crippen MR) is 86.9 cm³/mol. The second-order valence-electron chi connectivity index (χ2n) is 4.53. The molecule has 0 atom stereocenters. The first-order valence-corrected chi connectivity index (χ1v) is 8.71. The molecule has 1 aliphatic rings. The fraction of sp³-hybridized carbons (Fsp3) is 0.385. The zero-order valence-corrected chi connectivity index (χ0v) is 14.4. The van der Waals surface area contributed by atoms with Crippen LogP contribution in [0.15, 0.2) is 20.4 Å². The number of nitrogens with zero attached hydrogens (tertiary/aromatic N) is 2. The van der Waals surface area contributed by atoms with Crippen LogP contribution in [-0.2, 0) is 0 Å². The molecule has 0 aliphatic heterocycles. The number of rotatable bonds is 4. The maximum atomic E-state index is 4.75. The summed E-state index contributed by atoms with van der Waals surface area (Å²) in [6, 6.07) is 2.07. The lowest BCUT2D eigenvalue weighted by Crippen LogP contribution is -2.05. The molecule has 6 heteroatoms. The standard InChI is InChI=1S/C13H13Br2N3S/c1-2-16-13-10(15)11(7-3-4-7)17-12(18-13)9-5-8(14)6-19-9/h5-7H,2-4H2,1H3,(H,16,17,18). The van der Waals surface area contributed by atoms with Crippen molar-refractivity contribution < 1.29 is 0 Å². The molecule has 1 saturated carbocycles. The fourth-order valence-electron chi connectivity index (χ4n) is 1.92. The van der Waals surface area contributed by atoms with Crippen LogP contribution in [0.25, 0.3) is 10.7 Å². The highest BCUT2D eigenvalue weighted by Crippen LogP contribution is 2.44. The molecule has 0 amide bonds. The lowest BCUT2D eigenvalue weighted by molar-refractivity contribution is 0.976. The van der Waals surface area contributed by atoms with E-state index in [2.05, 4.69) is 60.5 Å². The number of nitrogens with one attached hydrogen (secondary N) is 1. The molecule has 1 N–H and O–H groups in total. The Morgan fingerprint density at radius 2 is 2.16 bits per heavy atom. The molecule has 1 fully saturated rings. The number of thiophene rings is 1. The third-order valence-corrected chi connectivity index (χ3v) is 5.44. The molecule has 0 bridgehead atoms. The number of hydrogen-bond donors (Lipinski definition) is 1. The van der Waals surface area contributed by atoms with E-state index < -0.39 is 0 Å². The first kappa shape index (κ1) is 13.5. The molecule has 2 aromatic heterocycles. The largest absolute Gasteiger partial charge is 0.369 e. The van der Waals surface area contributed by atoms with Crippen molar-refractivity contribution in [2.75, 3.05) is 11.9 Å². The maximum absolute atomic E-state index is 4.75. The molecule has 0 saturated heterocycles. The van der Waals surface area contributed by atoms with Gasteiger partial charge in [0, 0.05) is 22.3 Å². The number of hydrogen-bond acceptors (Lipinski definition) is 4. The first-order valence-electron chi connectivity index (χ1n) is 6.24. The van der Waals surface area contributed by atoms with Crippen LogP contribution in [-0.4, -0.2) is 16.5 Å². The summed E-state index contributed by atoms with van der Waals surface area (Å²) in [5.41, 5.74) is 1.14. The van der Waals surface area contributed by atoms with Crippen LogP contribution in [0, 0.1) is 0 Å². The Labute approximate surface area is 133 Å². The Bertz CT molecular complexity index is 608. The molecular formula is C13H13Br2N3S. The van der Waals surface area contributed by atoms with Crippen LogP contribution < -0.4 is 5.32 Å². The van der Waals surface area contributed by atoms with Gasteiger partial charge in [-0.2, -0.15) is 0 Å². The van der Waals surface area contributed by atoms with E-state index in [0.29, 0.717) is 5.92 Å². The molecule has 3 nitrogen and oxygen atoms in total. The van der Waals surface area contributed by atoms with E-state index in [1.54, 1.807) is 11.3 Å². The van der Waals surface area contributed by atoms with Crippen LogP contribution in [0.5, 0.6) is 0 Å². The second kappa shape index (κ2) is 5.50. The summed E-state index contributed by atoms with van der Waals surface area (Å²) in [6.07, 6.45) is 2.46. The van der Waals surface area contributed by atoms with Crippen molar-refractivity contribution in [3.05, 3.63) is 26.1 Å². The average molecular weight is 403 g/mol. The van der Waals surface area contributed by atoms with Crippen LogP contribution in [0.1, 0.15) is 31.4 Å². The van der Waals surface area contributed by atoms with Crippen molar-refractivity contribution in [2.45, 2.75) is 25.7 Å². The summed E-state index contributed by atoms with van der Waals surface area (Å²) in [5, 5.41) is 5.37. The van der Waals surface area contributed by atoms with Crippen molar-refractivity contribution in [3.63, 3.8) is 0 Å². The minimum Gasteiger partial charge on any atom is -0.369 e. The molecule has 0 aromatic carbocycles. The summed E-state index contributed by atoms with van der Waals surface area (Å²) in [5.74, 6) is 2.31. The van der Waals surface area contributed by atoms with Crippen LogP contribution in [0.2, 0.25) is 0 Å². The van der Waals surface area contributed by atoms with Gasteiger partial charge < -0.3 is 5.32 Å². The molecule has 0 unspecified atom stereocenters. The summed E-state index contributed by atoms with van der Waals surface area (Å²) in [6.45, 7) is 2.93. The number of anilines is 1. The van der Waals surface area contributed by atoms with Gasteiger partial charge in [0.15, 0.2) is 5.82 Å². The van der Waals surface area contributed by atoms with Gasteiger partial charge >= 0.3 is 0 Å². The van der Waals surface area contributed by atoms with E-state index in [9.17, 15) is 0 Å². The summed E-state index contributed by atoms with van der Waals surface area (Å²) in [7, 11) is 0. The van der Waals surface area contributed by atoms with E-state index in [4.69, 9.17) is 4.98 Å². The highest BCUT2D eigenvalue weighted by molar-refractivity contribution is 9.11. The molecule has 0 spiro atoms. The molecular weight excluding hydrogens is 390 g/mol. The van der Waals surface area contributed by atoms with E-state index in [1.807, 2.05) is 0 Å². The van der Waals surface area contributed by atoms with Crippen LogP contribution in [0.4, 0.5) is 5.82 Å². The minimum absolute atomic E-state index is 0.594. The van der Waals surface area contributed by atoms with Gasteiger partial charge in [-0.25, -0.2) is 9.97 Å². The normalized spacial score (nSPS) is 14.7. The zero-order valence-electron chi connectivity index (χ0n) is 10.4. The van der Waals surface area contributed by atoms with Crippen molar-refractivity contribution in [3.8, 4) is 10.7 Å². The fourth-order valence-corrected chi connectivity index (χ4v) is 3.92. The van der Waals surface area contributed by atoms with E-state index in [-0.39, 0.29) is 0 Å². The van der Waals surface area contributed by atoms with Crippen molar-refractivity contribution >= 4 is 49.0 Å². The molecule has 1 aliphatic carbocycles. The molecule has 0 radical (unpaired) electrons. The quantitative estimate of drug-likeness (QED) is 0.778. The predicted octanol–water partition coefficient (Wildman–Crippen LogP) is 5.04. The molecule has 100 valence electrons. The Hall–Kier alpha value is -0.460. The zero-order chi connectivity index (χ0) is 13.4. The third-order valence-electron chi connectivity index (χ3n) is 2.97. The van der Waals surface area contributed by atoms with E-state index in [1.165, 1.54) is 12.8 Å². The summed E-state index contributed by atoms with van der Waals surface area (Å²) < 4.78 is 2.10. The van der Waals surface area contributed by atoms with Gasteiger partial charge in [0.1, 0.15) is 5.82 Å². The van der Waals surface area contributed by atoms with E-state index >= 15 is 0 Å². The van der Waals surface area contributed by atoms with E-state index in [0.717, 1.165) is 37.7 Å². The van der Waals surface area contributed by atoms with Gasteiger partial charge in [-0.05, 0) is 57.7 Å². The van der Waals surface area contributed by atoms with Gasteiger partial charge in [0.2, 0.25) is 0 Å². The summed E-state index contributed by atoms with van der Waals surface area (Å²) in [4.78, 5) is 10.5. The first-order chi connectivity index (χ1) is 9.19. The second-order valence-corrected chi connectivity index (χ2v) is 7.15.